The number of halogens is 5. The zero-order valence-electron chi connectivity index (χ0n) is 21.4. The molecule has 3 fully saturated rings. The minimum absolute atomic E-state index is 0.340. The smallest absolute Gasteiger partial charge is 0.400 e. The van der Waals surface area contributed by atoms with Gasteiger partial charge in [-0.1, -0.05) is 32.6 Å². The summed E-state index contributed by atoms with van der Waals surface area (Å²) < 4.78 is 78.8. The molecule has 3 aliphatic carbocycles. The van der Waals surface area contributed by atoms with Crippen LogP contribution >= 0.6 is 0 Å². The molecular weight excluding hydrogens is 475 g/mol. The number of ether oxygens (including phenoxy) is 2. The van der Waals surface area contributed by atoms with Gasteiger partial charge in [0.2, 0.25) is 6.86 Å². The number of hydrogen-bond donors (Lipinski definition) is 0. The van der Waals surface area contributed by atoms with Gasteiger partial charge in [0, 0.05) is 12.1 Å². The predicted molar refractivity (Wildman–Crippen MR) is 130 cm³/mol. The first kappa shape index (κ1) is 27.5. The van der Waals surface area contributed by atoms with Crippen LogP contribution in [0.25, 0.3) is 0 Å². The van der Waals surface area contributed by atoms with Gasteiger partial charge in [-0.3, -0.25) is 0 Å². The highest BCUT2D eigenvalue weighted by Crippen LogP contribution is 2.48. The molecule has 204 valence electrons. The van der Waals surface area contributed by atoms with Crippen LogP contribution in [0.5, 0.6) is 11.5 Å². The molecule has 0 radical (unpaired) electrons. The Morgan fingerprint density at radius 1 is 0.750 bits per heavy atom. The molecule has 1 aromatic rings. The highest BCUT2D eigenvalue weighted by atomic mass is 19.3. The van der Waals surface area contributed by atoms with E-state index in [-0.39, 0.29) is 0 Å². The number of benzene rings is 1. The third-order valence-corrected chi connectivity index (χ3v) is 9.41. The Balaban J connectivity index is 1.23. The summed E-state index contributed by atoms with van der Waals surface area (Å²) in [6.45, 7) is 0.859. The quantitative estimate of drug-likeness (QED) is 0.304. The first-order valence-electron chi connectivity index (χ1n) is 14.0. The Morgan fingerprint density at radius 3 is 1.64 bits per heavy atom. The van der Waals surface area contributed by atoms with Gasteiger partial charge in [0.15, 0.2) is 17.4 Å². The van der Waals surface area contributed by atoms with Crippen LogP contribution in [0.4, 0.5) is 22.0 Å². The first-order valence-corrected chi connectivity index (χ1v) is 14.0. The molecule has 4 rings (SSSR count). The van der Waals surface area contributed by atoms with Crippen LogP contribution in [0.2, 0.25) is 0 Å². The van der Waals surface area contributed by atoms with Crippen molar-refractivity contribution in [2.24, 2.45) is 35.5 Å². The molecule has 0 spiro atoms. The normalized spacial score (nSPS) is 31.7. The lowest BCUT2D eigenvalue weighted by Crippen LogP contribution is -2.38. The van der Waals surface area contributed by atoms with Crippen molar-refractivity contribution in [3.63, 3.8) is 0 Å². The van der Waals surface area contributed by atoms with Gasteiger partial charge in [0.25, 0.3) is 0 Å². The molecule has 1 aromatic carbocycles. The Morgan fingerprint density at radius 2 is 1.19 bits per heavy atom. The summed E-state index contributed by atoms with van der Waals surface area (Å²) in [6.07, 6.45) is 11.9. The van der Waals surface area contributed by atoms with E-state index in [2.05, 4.69) is 11.7 Å². The average Bonchev–Trinajstić information content (AvgIpc) is 2.87. The van der Waals surface area contributed by atoms with Crippen molar-refractivity contribution < 1.29 is 31.4 Å². The molecule has 0 unspecified atom stereocenters. The zero-order valence-corrected chi connectivity index (χ0v) is 21.4. The number of hydrogen-bond acceptors (Lipinski definition) is 2. The summed E-state index contributed by atoms with van der Waals surface area (Å²) in [5, 5.41) is 0. The highest BCUT2D eigenvalue weighted by molar-refractivity contribution is 5.35. The van der Waals surface area contributed by atoms with Crippen LogP contribution in [0.3, 0.4) is 0 Å². The standard InChI is InChI=1S/C29H41F5O2/c1-2-3-19-4-6-20(7-5-19)21-8-10-22(11-9-21)23-12-14-24(15-13-23)29(33,34)36-25-16-26(31)28(35-18-30)27(32)17-25/h16-17,19-24H,2-15,18H2,1H3. The van der Waals surface area contributed by atoms with Crippen molar-refractivity contribution in [1.82, 2.24) is 0 Å². The fourth-order valence-electron chi connectivity index (χ4n) is 7.40. The maximum absolute atomic E-state index is 14.9. The minimum Gasteiger partial charge on any atom is -0.457 e. The molecule has 2 nitrogen and oxygen atoms in total. The lowest BCUT2D eigenvalue weighted by Gasteiger charge is -2.42. The molecule has 0 bridgehead atoms. The van der Waals surface area contributed by atoms with Gasteiger partial charge in [-0.25, -0.2) is 13.2 Å². The van der Waals surface area contributed by atoms with Crippen LogP contribution in [0, 0.1) is 47.1 Å². The molecule has 7 heteroatoms. The summed E-state index contributed by atoms with van der Waals surface area (Å²) in [5.74, 6) is -1.32. The molecule has 3 saturated carbocycles. The van der Waals surface area contributed by atoms with Crippen LogP contribution in [0.15, 0.2) is 12.1 Å². The van der Waals surface area contributed by atoms with Gasteiger partial charge in [-0.15, -0.1) is 0 Å². The summed E-state index contributed by atoms with van der Waals surface area (Å²) in [6, 6.07) is 1.23. The number of alkyl halides is 3. The van der Waals surface area contributed by atoms with Crippen LogP contribution < -0.4 is 9.47 Å². The van der Waals surface area contributed by atoms with E-state index < -0.39 is 42.0 Å². The van der Waals surface area contributed by atoms with Crippen LogP contribution in [-0.4, -0.2) is 13.0 Å². The molecular formula is C29H41F5O2. The van der Waals surface area contributed by atoms with E-state index in [0.717, 1.165) is 30.6 Å². The van der Waals surface area contributed by atoms with Crippen molar-refractivity contribution in [2.75, 3.05) is 6.86 Å². The van der Waals surface area contributed by atoms with Crippen LogP contribution in [0.1, 0.15) is 96.8 Å². The van der Waals surface area contributed by atoms with Crippen molar-refractivity contribution in [3.8, 4) is 11.5 Å². The molecule has 0 aromatic heterocycles. The Kier molecular flexibility index (Phi) is 9.43. The SMILES string of the molecule is CCCC1CCC(C2CCC(C3CCC(C(F)(F)Oc4cc(F)c(OCF)c(F)c4)CC3)CC2)CC1. The fourth-order valence-corrected chi connectivity index (χ4v) is 7.40. The van der Waals surface area contributed by atoms with Gasteiger partial charge in [0.05, 0.1) is 5.92 Å². The van der Waals surface area contributed by atoms with Crippen molar-refractivity contribution in [1.29, 1.82) is 0 Å². The lowest BCUT2D eigenvalue weighted by molar-refractivity contribution is -0.224. The monoisotopic (exact) mass is 516 g/mol. The Bertz CT molecular complexity index is 800. The summed E-state index contributed by atoms with van der Waals surface area (Å²) in [7, 11) is 0. The van der Waals surface area contributed by atoms with E-state index in [0.29, 0.717) is 36.8 Å². The molecule has 0 heterocycles. The fraction of sp³-hybridized carbons (Fsp3) is 0.793. The van der Waals surface area contributed by atoms with E-state index in [4.69, 9.17) is 4.74 Å². The number of rotatable bonds is 9. The van der Waals surface area contributed by atoms with E-state index in [1.165, 1.54) is 64.2 Å². The Hall–Kier alpha value is -1.53. The minimum atomic E-state index is -3.53. The average molecular weight is 517 g/mol. The third-order valence-electron chi connectivity index (χ3n) is 9.41. The zero-order chi connectivity index (χ0) is 25.7. The van der Waals surface area contributed by atoms with Crippen molar-refractivity contribution in [3.05, 3.63) is 23.8 Å². The van der Waals surface area contributed by atoms with Crippen molar-refractivity contribution >= 4 is 0 Å². The molecule has 0 N–H and O–H groups in total. The van der Waals surface area contributed by atoms with E-state index in [9.17, 15) is 22.0 Å². The second-order valence-electron chi connectivity index (χ2n) is 11.5. The molecule has 0 saturated heterocycles. The second kappa shape index (κ2) is 12.3. The second-order valence-corrected chi connectivity index (χ2v) is 11.5. The van der Waals surface area contributed by atoms with Gasteiger partial charge in [0.1, 0.15) is 5.75 Å². The van der Waals surface area contributed by atoms with Gasteiger partial charge < -0.3 is 9.47 Å². The van der Waals surface area contributed by atoms with Crippen LogP contribution in [-0.2, 0) is 0 Å². The molecule has 0 aliphatic heterocycles. The third kappa shape index (κ3) is 6.66. The van der Waals surface area contributed by atoms with E-state index in [1.54, 1.807) is 0 Å². The van der Waals surface area contributed by atoms with Gasteiger partial charge in [-0.2, -0.15) is 8.78 Å². The Labute approximate surface area is 212 Å². The maximum atomic E-state index is 14.9. The largest absolute Gasteiger partial charge is 0.457 e. The molecule has 0 amide bonds. The first-order chi connectivity index (χ1) is 17.3. The summed E-state index contributed by atoms with van der Waals surface area (Å²) >= 11 is 0. The molecule has 3 aliphatic rings. The lowest BCUT2D eigenvalue weighted by atomic mass is 9.65. The highest BCUT2D eigenvalue weighted by Gasteiger charge is 2.45. The maximum Gasteiger partial charge on any atom is 0.400 e. The molecule has 36 heavy (non-hydrogen) atoms. The summed E-state index contributed by atoms with van der Waals surface area (Å²) in [4.78, 5) is 0. The van der Waals surface area contributed by atoms with Gasteiger partial charge >= 0.3 is 6.11 Å². The summed E-state index contributed by atoms with van der Waals surface area (Å²) in [5.41, 5.74) is 0. The van der Waals surface area contributed by atoms with Crippen molar-refractivity contribution in [2.45, 2.75) is 103 Å². The van der Waals surface area contributed by atoms with E-state index >= 15 is 0 Å². The molecule has 0 atom stereocenters. The van der Waals surface area contributed by atoms with E-state index in [1.807, 2.05) is 0 Å². The van der Waals surface area contributed by atoms with Gasteiger partial charge in [-0.05, 0) is 93.8 Å². The topological polar surface area (TPSA) is 18.5 Å². The predicted octanol–water partition coefficient (Wildman–Crippen LogP) is 9.46.